The Morgan fingerprint density at radius 2 is 2.23 bits per heavy atom. The van der Waals surface area contributed by atoms with Crippen LogP contribution in [-0.2, 0) is 0 Å². The van der Waals surface area contributed by atoms with Crippen LogP contribution in [-0.4, -0.2) is 6.54 Å². The summed E-state index contributed by atoms with van der Waals surface area (Å²) in [7, 11) is 0. The van der Waals surface area contributed by atoms with Gasteiger partial charge < -0.3 is 5.32 Å². The monoisotopic (exact) mass is 175 g/mol. The average Bonchev–Trinajstić information content (AvgIpc) is 2.20. The second kappa shape index (κ2) is 3.82. The summed E-state index contributed by atoms with van der Waals surface area (Å²) in [5.74, 6) is 0.789. The highest BCUT2D eigenvalue weighted by Crippen LogP contribution is 2.20. The van der Waals surface area contributed by atoms with Crippen LogP contribution in [0.1, 0.15) is 26.2 Å². The second-order valence-electron chi connectivity index (χ2n) is 3.98. The van der Waals surface area contributed by atoms with E-state index in [1.807, 2.05) is 0 Å². The molecular weight excluding hydrogens is 158 g/mol. The molecule has 0 radical (unpaired) electrons. The van der Waals surface area contributed by atoms with E-state index in [1.165, 1.54) is 30.5 Å². The average molecular weight is 175 g/mol. The fourth-order valence-corrected chi connectivity index (χ4v) is 1.79. The van der Waals surface area contributed by atoms with Crippen LogP contribution in [0.2, 0.25) is 0 Å². The van der Waals surface area contributed by atoms with Crippen LogP contribution in [0.25, 0.3) is 0 Å². The zero-order valence-electron chi connectivity index (χ0n) is 8.22. The van der Waals surface area contributed by atoms with Crippen molar-refractivity contribution in [2.24, 2.45) is 5.92 Å². The van der Waals surface area contributed by atoms with Gasteiger partial charge in [0.2, 0.25) is 0 Å². The van der Waals surface area contributed by atoms with Crippen LogP contribution in [0.5, 0.6) is 0 Å². The summed E-state index contributed by atoms with van der Waals surface area (Å²) in [5, 5.41) is 3.48. The molecule has 2 aliphatic rings. The Labute approximate surface area is 80.2 Å². The third-order valence-electron chi connectivity index (χ3n) is 2.67. The molecule has 0 amide bonds. The number of rotatable bonds is 1. The Morgan fingerprint density at radius 3 is 2.85 bits per heavy atom. The van der Waals surface area contributed by atoms with Gasteiger partial charge in [-0.15, -0.1) is 0 Å². The van der Waals surface area contributed by atoms with Gasteiger partial charge in [-0.25, -0.2) is 0 Å². The molecule has 1 N–H and O–H groups in total. The second-order valence-corrected chi connectivity index (χ2v) is 3.98. The van der Waals surface area contributed by atoms with Gasteiger partial charge in [0.05, 0.1) is 0 Å². The number of hydrogen-bond donors (Lipinski definition) is 1. The van der Waals surface area contributed by atoms with Gasteiger partial charge in [-0.05, 0) is 30.8 Å². The van der Waals surface area contributed by atoms with Crippen molar-refractivity contribution in [2.45, 2.75) is 26.2 Å². The molecule has 0 saturated heterocycles. The molecule has 0 aromatic heterocycles. The highest BCUT2D eigenvalue weighted by Gasteiger charge is 2.11. The van der Waals surface area contributed by atoms with Crippen molar-refractivity contribution in [1.29, 1.82) is 0 Å². The molecule has 0 fully saturated rings. The first-order valence-corrected chi connectivity index (χ1v) is 5.17. The lowest BCUT2D eigenvalue weighted by molar-refractivity contribution is 0.527. The lowest BCUT2D eigenvalue weighted by Crippen LogP contribution is -2.25. The zero-order chi connectivity index (χ0) is 9.10. The van der Waals surface area contributed by atoms with Crippen LogP contribution in [0.15, 0.2) is 35.6 Å². The first kappa shape index (κ1) is 8.61. The number of hydrogen-bond acceptors (Lipinski definition) is 1. The molecule has 1 heterocycles. The van der Waals surface area contributed by atoms with E-state index in [9.17, 15) is 0 Å². The maximum atomic E-state index is 3.48. The van der Waals surface area contributed by atoms with Crippen molar-refractivity contribution < 1.29 is 0 Å². The molecular formula is C12H17N. The largest absolute Gasteiger partial charge is 0.385 e. The minimum atomic E-state index is 0.789. The molecule has 13 heavy (non-hydrogen) atoms. The molecule has 1 nitrogen and oxygen atoms in total. The molecule has 1 atom stereocenters. The molecule has 1 heteroatoms. The van der Waals surface area contributed by atoms with Crippen molar-refractivity contribution in [1.82, 2.24) is 5.32 Å². The summed E-state index contributed by atoms with van der Waals surface area (Å²) in [4.78, 5) is 0. The predicted molar refractivity (Wildman–Crippen MR) is 56.3 cm³/mol. The summed E-state index contributed by atoms with van der Waals surface area (Å²) >= 11 is 0. The van der Waals surface area contributed by atoms with E-state index < -0.39 is 0 Å². The molecule has 0 unspecified atom stereocenters. The minimum Gasteiger partial charge on any atom is -0.385 e. The van der Waals surface area contributed by atoms with E-state index in [-0.39, 0.29) is 0 Å². The first-order valence-electron chi connectivity index (χ1n) is 5.17. The van der Waals surface area contributed by atoms with E-state index in [1.54, 1.807) is 0 Å². The van der Waals surface area contributed by atoms with E-state index in [0.29, 0.717) is 0 Å². The van der Waals surface area contributed by atoms with Gasteiger partial charge >= 0.3 is 0 Å². The van der Waals surface area contributed by atoms with Gasteiger partial charge in [0.25, 0.3) is 0 Å². The van der Waals surface area contributed by atoms with Gasteiger partial charge in [-0.1, -0.05) is 31.2 Å². The van der Waals surface area contributed by atoms with E-state index in [0.717, 1.165) is 12.5 Å². The molecule has 0 saturated carbocycles. The molecule has 2 rings (SSSR count). The highest BCUT2D eigenvalue weighted by atomic mass is 14.9. The topological polar surface area (TPSA) is 12.0 Å². The highest BCUT2D eigenvalue weighted by molar-refractivity contribution is 5.40. The van der Waals surface area contributed by atoms with Crippen molar-refractivity contribution in [2.75, 3.05) is 6.54 Å². The van der Waals surface area contributed by atoms with Crippen molar-refractivity contribution in [3.05, 3.63) is 35.6 Å². The van der Waals surface area contributed by atoms with E-state index >= 15 is 0 Å². The maximum absolute atomic E-state index is 3.48. The van der Waals surface area contributed by atoms with Crippen molar-refractivity contribution in [3.63, 3.8) is 0 Å². The standard InChI is InChI=1S/C12H17N/c1-10-7-8-12(13-9-10)11-5-3-2-4-6-11/h3,5-6,8,10,13H,2,4,7,9H2,1H3/t10-/m0/s1. The zero-order valence-corrected chi connectivity index (χ0v) is 8.22. The third-order valence-corrected chi connectivity index (χ3v) is 2.67. The van der Waals surface area contributed by atoms with Crippen molar-refractivity contribution in [3.8, 4) is 0 Å². The van der Waals surface area contributed by atoms with Gasteiger partial charge in [0, 0.05) is 12.2 Å². The molecule has 0 spiro atoms. The summed E-state index contributed by atoms with van der Waals surface area (Å²) in [6.07, 6.45) is 12.8. The third kappa shape index (κ3) is 2.03. The molecule has 1 aliphatic carbocycles. The van der Waals surface area contributed by atoms with Gasteiger partial charge in [0.15, 0.2) is 0 Å². The summed E-state index contributed by atoms with van der Waals surface area (Å²) in [5.41, 5.74) is 2.73. The van der Waals surface area contributed by atoms with Crippen LogP contribution >= 0.6 is 0 Å². The summed E-state index contributed by atoms with van der Waals surface area (Å²) in [6, 6.07) is 0. The molecule has 0 aromatic rings. The smallest absolute Gasteiger partial charge is 0.0370 e. The fraction of sp³-hybridized carbons (Fsp3) is 0.500. The Kier molecular flexibility index (Phi) is 2.53. The SMILES string of the molecule is C[C@H]1CC=C(C2=CCCC=C2)NC1. The molecule has 1 aliphatic heterocycles. The van der Waals surface area contributed by atoms with Gasteiger partial charge in [-0.2, -0.15) is 0 Å². The van der Waals surface area contributed by atoms with Gasteiger partial charge in [-0.3, -0.25) is 0 Å². The van der Waals surface area contributed by atoms with Crippen molar-refractivity contribution >= 4 is 0 Å². The molecule has 0 bridgehead atoms. The lowest BCUT2D eigenvalue weighted by Gasteiger charge is -2.22. The first-order chi connectivity index (χ1) is 6.36. The van der Waals surface area contributed by atoms with Crippen LogP contribution in [0.3, 0.4) is 0 Å². The van der Waals surface area contributed by atoms with Crippen LogP contribution < -0.4 is 5.32 Å². The Hall–Kier alpha value is -0.980. The summed E-state index contributed by atoms with van der Waals surface area (Å²) < 4.78 is 0. The van der Waals surface area contributed by atoms with E-state index in [2.05, 4.69) is 36.5 Å². The number of nitrogens with one attached hydrogen (secondary N) is 1. The Balaban J connectivity index is 2.08. The molecule has 0 aromatic carbocycles. The Bertz CT molecular complexity index is 271. The molecule has 70 valence electrons. The quantitative estimate of drug-likeness (QED) is 0.646. The lowest BCUT2D eigenvalue weighted by atomic mass is 9.97. The van der Waals surface area contributed by atoms with Crippen LogP contribution in [0, 0.1) is 5.92 Å². The van der Waals surface area contributed by atoms with Gasteiger partial charge in [0.1, 0.15) is 0 Å². The number of allylic oxidation sites excluding steroid dienone is 4. The van der Waals surface area contributed by atoms with E-state index in [4.69, 9.17) is 0 Å². The fourth-order valence-electron chi connectivity index (χ4n) is 1.79. The predicted octanol–water partition coefficient (Wildman–Crippen LogP) is 2.78. The van der Waals surface area contributed by atoms with Crippen LogP contribution in [0.4, 0.5) is 0 Å². The Morgan fingerprint density at radius 1 is 1.31 bits per heavy atom. The minimum absolute atomic E-state index is 0.789. The maximum Gasteiger partial charge on any atom is 0.0370 e. The summed E-state index contributed by atoms with van der Waals surface area (Å²) in [6.45, 7) is 3.41. The normalized spacial score (nSPS) is 27.6.